The zero-order valence-electron chi connectivity index (χ0n) is 11.0. The zero-order valence-corrected chi connectivity index (χ0v) is 11.0. The number of nitrogens with one attached hydrogen (secondary N) is 2. The topological polar surface area (TPSA) is 93.4 Å². The molecule has 1 aliphatic rings. The highest BCUT2D eigenvalue weighted by molar-refractivity contribution is 5.37. The Labute approximate surface area is 110 Å². The van der Waals surface area contributed by atoms with Gasteiger partial charge in [-0.15, -0.1) is 0 Å². The lowest BCUT2D eigenvalue weighted by molar-refractivity contribution is 0.607. The first kappa shape index (κ1) is 11.8. The van der Waals surface area contributed by atoms with Crippen molar-refractivity contribution in [3.05, 3.63) is 12.7 Å². The molecule has 0 saturated heterocycles. The van der Waals surface area contributed by atoms with Crippen molar-refractivity contribution in [1.29, 1.82) is 0 Å². The summed E-state index contributed by atoms with van der Waals surface area (Å²) >= 11 is 0. The van der Waals surface area contributed by atoms with E-state index in [-0.39, 0.29) is 0 Å². The molecule has 8 nitrogen and oxygen atoms in total. The third kappa shape index (κ3) is 2.61. The Morgan fingerprint density at radius 2 is 2.05 bits per heavy atom. The van der Waals surface area contributed by atoms with E-state index in [4.69, 9.17) is 0 Å². The molecule has 0 bridgehead atoms. The van der Waals surface area contributed by atoms with Gasteiger partial charge in [-0.1, -0.05) is 6.92 Å². The van der Waals surface area contributed by atoms with Gasteiger partial charge in [0, 0.05) is 13.6 Å². The number of nitrogens with zero attached hydrogens (tertiary/aromatic N) is 6. The molecular weight excluding hydrogens is 244 g/mol. The van der Waals surface area contributed by atoms with Gasteiger partial charge in [-0.05, 0) is 18.3 Å². The Morgan fingerprint density at radius 1 is 1.26 bits per heavy atom. The molecule has 0 atom stereocenters. The fraction of sp³-hybridized carbons (Fsp3) is 0.545. The monoisotopic (exact) mass is 260 g/mol. The van der Waals surface area contributed by atoms with Crippen LogP contribution in [0.5, 0.6) is 0 Å². The highest BCUT2D eigenvalue weighted by Gasteiger charge is 2.37. The van der Waals surface area contributed by atoms with Crippen LogP contribution in [0.4, 0.5) is 11.9 Å². The van der Waals surface area contributed by atoms with Crippen LogP contribution >= 0.6 is 0 Å². The largest absolute Gasteiger partial charge is 0.357 e. The first-order valence-corrected chi connectivity index (χ1v) is 6.21. The van der Waals surface area contributed by atoms with Crippen molar-refractivity contribution in [1.82, 2.24) is 29.7 Å². The molecule has 2 heterocycles. The zero-order chi connectivity index (χ0) is 13.3. The SMILES string of the molecule is CNc1nc(NCC2(C)CC2)nc(-n2cncn2)n1. The highest BCUT2D eigenvalue weighted by Crippen LogP contribution is 2.44. The molecule has 2 aromatic rings. The third-order valence-electron chi connectivity index (χ3n) is 3.25. The molecule has 1 fully saturated rings. The van der Waals surface area contributed by atoms with Gasteiger partial charge in [0.1, 0.15) is 12.7 Å². The number of hydrogen-bond donors (Lipinski definition) is 2. The maximum absolute atomic E-state index is 4.34. The molecule has 0 unspecified atom stereocenters. The summed E-state index contributed by atoms with van der Waals surface area (Å²) in [7, 11) is 1.77. The van der Waals surface area contributed by atoms with Crippen LogP contribution in [0, 0.1) is 5.41 Å². The maximum atomic E-state index is 4.34. The van der Waals surface area contributed by atoms with Crippen LogP contribution in [0.15, 0.2) is 12.7 Å². The summed E-state index contributed by atoms with van der Waals surface area (Å²) < 4.78 is 1.51. The second-order valence-corrected chi connectivity index (χ2v) is 5.04. The molecule has 0 aromatic carbocycles. The third-order valence-corrected chi connectivity index (χ3v) is 3.25. The van der Waals surface area contributed by atoms with Gasteiger partial charge in [0.25, 0.3) is 5.95 Å². The normalized spacial score (nSPS) is 16.1. The van der Waals surface area contributed by atoms with E-state index in [9.17, 15) is 0 Å². The number of hydrogen-bond acceptors (Lipinski definition) is 7. The molecule has 0 radical (unpaired) electrons. The second-order valence-electron chi connectivity index (χ2n) is 5.04. The fourth-order valence-electron chi connectivity index (χ4n) is 1.65. The number of aromatic nitrogens is 6. The van der Waals surface area contributed by atoms with Gasteiger partial charge < -0.3 is 10.6 Å². The number of anilines is 2. The Kier molecular flexibility index (Phi) is 2.77. The Morgan fingerprint density at radius 3 is 2.68 bits per heavy atom. The average Bonchev–Trinajstić information content (AvgIpc) is 2.95. The Balaban J connectivity index is 1.84. The van der Waals surface area contributed by atoms with E-state index in [1.54, 1.807) is 13.4 Å². The van der Waals surface area contributed by atoms with Crippen molar-refractivity contribution in [2.45, 2.75) is 19.8 Å². The van der Waals surface area contributed by atoms with E-state index >= 15 is 0 Å². The van der Waals surface area contributed by atoms with Crippen molar-refractivity contribution in [3.63, 3.8) is 0 Å². The van der Waals surface area contributed by atoms with Crippen LogP contribution in [-0.2, 0) is 0 Å². The van der Waals surface area contributed by atoms with Crippen LogP contribution in [0.2, 0.25) is 0 Å². The Hall–Kier alpha value is -2.25. The predicted octanol–water partition coefficient (Wildman–Crippen LogP) is 0.706. The predicted molar refractivity (Wildman–Crippen MR) is 70.1 cm³/mol. The summed E-state index contributed by atoms with van der Waals surface area (Å²) in [6.45, 7) is 3.12. The maximum Gasteiger partial charge on any atom is 0.258 e. The molecule has 1 saturated carbocycles. The standard InChI is InChI=1S/C11H16N8/c1-11(3-4-11)5-14-9-16-8(12-2)17-10(18-9)19-7-13-6-15-19/h6-7H,3-5H2,1-2H3,(H2,12,14,16,17,18). The quantitative estimate of drug-likeness (QED) is 0.817. The van der Waals surface area contributed by atoms with Crippen LogP contribution in [-0.4, -0.2) is 43.3 Å². The fourth-order valence-corrected chi connectivity index (χ4v) is 1.65. The molecule has 0 spiro atoms. The molecule has 2 N–H and O–H groups in total. The lowest BCUT2D eigenvalue weighted by Crippen LogP contribution is -2.16. The van der Waals surface area contributed by atoms with Gasteiger partial charge in [-0.25, -0.2) is 4.98 Å². The van der Waals surface area contributed by atoms with Gasteiger partial charge in [0.15, 0.2) is 0 Å². The van der Waals surface area contributed by atoms with E-state index in [1.165, 1.54) is 23.9 Å². The summed E-state index contributed by atoms with van der Waals surface area (Å²) in [5.41, 5.74) is 0.389. The minimum atomic E-state index is 0.389. The molecule has 3 rings (SSSR count). The molecule has 19 heavy (non-hydrogen) atoms. The van der Waals surface area contributed by atoms with Crippen LogP contribution in [0.3, 0.4) is 0 Å². The van der Waals surface area contributed by atoms with Gasteiger partial charge in [-0.2, -0.15) is 24.7 Å². The second kappa shape index (κ2) is 4.45. The summed E-state index contributed by atoms with van der Waals surface area (Å²) in [6, 6.07) is 0. The molecule has 2 aromatic heterocycles. The van der Waals surface area contributed by atoms with E-state index < -0.39 is 0 Å². The van der Waals surface area contributed by atoms with Crippen molar-refractivity contribution in [2.75, 3.05) is 24.2 Å². The van der Waals surface area contributed by atoms with Gasteiger partial charge in [0.2, 0.25) is 11.9 Å². The lowest BCUT2D eigenvalue weighted by Gasteiger charge is -2.11. The summed E-state index contributed by atoms with van der Waals surface area (Å²) in [5.74, 6) is 1.50. The van der Waals surface area contributed by atoms with Crippen molar-refractivity contribution < 1.29 is 0 Å². The van der Waals surface area contributed by atoms with E-state index in [0.717, 1.165) is 6.54 Å². The van der Waals surface area contributed by atoms with Crippen molar-refractivity contribution in [2.24, 2.45) is 5.41 Å². The van der Waals surface area contributed by atoms with Gasteiger partial charge in [0.05, 0.1) is 0 Å². The van der Waals surface area contributed by atoms with Gasteiger partial charge in [-0.3, -0.25) is 0 Å². The summed E-state index contributed by atoms with van der Waals surface area (Å²) in [5, 5.41) is 10.2. The highest BCUT2D eigenvalue weighted by atomic mass is 15.4. The van der Waals surface area contributed by atoms with Crippen molar-refractivity contribution in [3.8, 4) is 5.95 Å². The minimum Gasteiger partial charge on any atom is -0.357 e. The number of rotatable bonds is 5. The smallest absolute Gasteiger partial charge is 0.258 e. The first-order chi connectivity index (χ1) is 9.18. The van der Waals surface area contributed by atoms with Crippen LogP contribution in [0.25, 0.3) is 5.95 Å². The molecular formula is C11H16N8. The van der Waals surface area contributed by atoms with E-state index in [0.29, 0.717) is 23.3 Å². The van der Waals surface area contributed by atoms with Crippen LogP contribution in [0.1, 0.15) is 19.8 Å². The van der Waals surface area contributed by atoms with Gasteiger partial charge >= 0.3 is 0 Å². The van der Waals surface area contributed by atoms with E-state index in [1.807, 2.05) is 0 Å². The van der Waals surface area contributed by atoms with E-state index in [2.05, 4.69) is 42.6 Å². The Bertz CT molecular complexity index is 560. The van der Waals surface area contributed by atoms with Crippen LogP contribution < -0.4 is 10.6 Å². The molecule has 100 valence electrons. The average molecular weight is 260 g/mol. The molecule has 8 heteroatoms. The first-order valence-electron chi connectivity index (χ1n) is 6.21. The van der Waals surface area contributed by atoms with Crippen molar-refractivity contribution >= 4 is 11.9 Å². The molecule has 0 aliphatic heterocycles. The summed E-state index contributed by atoms with van der Waals surface area (Å²) in [4.78, 5) is 16.8. The lowest BCUT2D eigenvalue weighted by atomic mass is 10.1. The molecule has 0 amide bonds. The summed E-state index contributed by atoms with van der Waals surface area (Å²) in [6.07, 6.45) is 5.50. The molecule has 1 aliphatic carbocycles. The minimum absolute atomic E-state index is 0.389.